The van der Waals surface area contributed by atoms with E-state index in [1.807, 2.05) is 30.3 Å². The number of hydrogen-bond acceptors (Lipinski definition) is 2. The van der Waals surface area contributed by atoms with Gasteiger partial charge in [0.1, 0.15) is 5.75 Å². The molecule has 0 aliphatic rings. The SMILES string of the molecule is CCCOc1ccc(CC(CN)c2c(Cl)cccc2Cl)cc1. The standard InChI is InChI=1S/C18H21Cl2NO/c1-2-10-22-15-8-6-13(7-9-15)11-14(12-21)18-16(19)4-3-5-17(18)20/h3-9,14H,2,10-12,21H2,1H3. The zero-order valence-electron chi connectivity index (χ0n) is 12.7. The third-order valence-corrected chi connectivity index (χ3v) is 4.23. The molecule has 118 valence electrons. The van der Waals surface area contributed by atoms with E-state index in [1.165, 1.54) is 5.56 Å². The molecular weight excluding hydrogens is 317 g/mol. The van der Waals surface area contributed by atoms with Gasteiger partial charge in [-0.15, -0.1) is 0 Å². The molecule has 1 unspecified atom stereocenters. The van der Waals surface area contributed by atoms with Gasteiger partial charge in [0, 0.05) is 16.0 Å². The Labute approximate surface area is 142 Å². The Balaban J connectivity index is 2.13. The summed E-state index contributed by atoms with van der Waals surface area (Å²) in [5.41, 5.74) is 8.06. The van der Waals surface area contributed by atoms with E-state index < -0.39 is 0 Å². The smallest absolute Gasteiger partial charge is 0.119 e. The molecule has 2 nitrogen and oxygen atoms in total. The Morgan fingerprint density at radius 1 is 1.05 bits per heavy atom. The van der Waals surface area contributed by atoms with E-state index in [0.717, 1.165) is 30.8 Å². The fourth-order valence-electron chi connectivity index (χ4n) is 2.43. The van der Waals surface area contributed by atoms with Crippen molar-refractivity contribution in [3.05, 3.63) is 63.6 Å². The molecule has 2 N–H and O–H groups in total. The van der Waals surface area contributed by atoms with Crippen LogP contribution in [0.1, 0.15) is 30.4 Å². The maximum atomic E-state index is 6.29. The van der Waals surface area contributed by atoms with Gasteiger partial charge >= 0.3 is 0 Å². The number of nitrogens with two attached hydrogens (primary N) is 1. The molecule has 0 amide bonds. The van der Waals surface area contributed by atoms with Gasteiger partial charge in [-0.3, -0.25) is 0 Å². The molecule has 0 heterocycles. The summed E-state index contributed by atoms with van der Waals surface area (Å²) in [6.45, 7) is 3.32. The lowest BCUT2D eigenvalue weighted by Crippen LogP contribution is -2.16. The molecule has 2 aromatic carbocycles. The molecule has 0 aromatic heterocycles. The van der Waals surface area contributed by atoms with Crippen molar-refractivity contribution in [3.63, 3.8) is 0 Å². The van der Waals surface area contributed by atoms with Gasteiger partial charge in [-0.25, -0.2) is 0 Å². The van der Waals surface area contributed by atoms with Crippen molar-refractivity contribution in [3.8, 4) is 5.75 Å². The first kappa shape index (κ1) is 17.1. The number of ether oxygens (including phenoxy) is 1. The van der Waals surface area contributed by atoms with E-state index in [4.69, 9.17) is 33.7 Å². The van der Waals surface area contributed by atoms with Gasteiger partial charge in [0.05, 0.1) is 6.61 Å². The highest BCUT2D eigenvalue weighted by atomic mass is 35.5. The number of halogens is 2. The van der Waals surface area contributed by atoms with Crippen LogP contribution in [0.4, 0.5) is 0 Å². The first-order chi connectivity index (χ1) is 10.7. The fraction of sp³-hybridized carbons (Fsp3) is 0.333. The van der Waals surface area contributed by atoms with Crippen molar-refractivity contribution in [1.82, 2.24) is 0 Å². The van der Waals surface area contributed by atoms with Crippen molar-refractivity contribution in [2.75, 3.05) is 13.2 Å². The summed E-state index contributed by atoms with van der Waals surface area (Å²) < 4.78 is 5.60. The zero-order valence-corrected chi connectivity index (χ0v) is 14.2. The van der Waals surface area contributed by atoms with Gasteiger partial charge in [0.25, 0.3) is 0 Å². The average molecular weight is 338 g/mol. The van der Waals surface area contributed by atoms with E-state index >= 15 is 0 Å². The monoisotopic (exact) mass is 337 g/mol. The van der Waals surface area contributed by atoms with Crippen molar-refractivity contribution in [1.29, 1.82) is 0 Å². The highest BCUT2D eigenvalue weighted by molar-refractivity contribution is 6.36. The van der Waals surface area contributed by atoms with Gasteiger partial charge in [-0.2, -0.15) is 0 Å². The normalized spacial score (nSPS) is 12.2. The van der Waals surface area contributed by atoms with Crippen LogP contribution in [0.15, 0.2) is 42.5 Å². The number of hydrogen-bond donors (Lipinski definition) is 1. The van der Waals surface area contributed by atoms with E-state index in [-0.39, 0.29) is 5.92 Å². The van der Waals surface area contributed by atoms with Crippen LogP contribution in [-0.2, 0) is 6.42 Å². The second-order valence-corrected chi connectivity index (χ2v) is 6.08. The van der Waals surface area contributed by atoms with Crippen LogP contribution in [0.5, 0.6) is 5.75 Å². The van der Waals surface area contributed by atoms with Crippen molar-refractivity contribution in [2.24, 2.45) is 5.73 Å². The molecule has 0 fully saturated rings. The van der Waals surface area contributed by atoms with Gasteiger partial charge in [0.2, 0.25) is 0 Å². The Bertz CT molecular complexity index is 578. The molecule has 2 aromatic rings. The van der Waals surface area contributed by atoms with Crippen LogP contribution in [0.25, 0.3) is 0 Å². The highest BCUT2D eigenvalue weighted by Gasteiger charge is 2.17. The Kier molecular flexibility index (Phi) is 6.56. The molecule has 0 bridgehead atoms. The Hall–Kier alpha value is -1.22. The van der Waals surface area contributed by atoms with Crippen LogP contribution in [0.2, 0.25) is 10.0 Å². The van der Waals surface area contributed by atoms with E-state index in [9.17, 15) is 0 Å². The van der Waals surface area contributed by atoms with Gasteiger partial charge in [-0.1, -0.05) is 48.3 Å². The average Bonchev–Trinajstić information content (AvgIpc) is 2.53. The lowest BCUT2D eigenvalue weighted by atomic mass is 9.92. The number of benzene rings is 2. The summed E-state index contributed by atoms with van der Waals surface area (Å²) in [7, 11) is 0. The lowest BCUT2D eigenvalue weighted by Gasteiger charge is -2.18. The van der Waals surface area contributed by atoms with Gasteiger partial charge in [-0.05, 0) is 54.8 Å². The minimum absolute atomic E-state index is 0.101. The fourth-order valence-corrected chi connectivity index (χ4v) is 3.14. The van der Waals surface area contributed by atoms with Crippen LogP contribution in [0, 0.1) is 0 Å². The van der Waals surface area contributed by atoms with Gasteiger partial charge < -0.3 is 10.5 Å². The molecule has 0 radical (unpaired) electrons. The Morgan fingerprint density at radius 3 is 2.23 bits per heavy atom. The van der Waals surface area contributed by atoms with Crippen molar-refractivity contribution in [2.45, 2.75) is 25.7 Å². The quantitative estimate of drug-likeness (QED) is 0.765. The van der Waals surface area contributed by atoms with E-state index in [1.54, 1.807) is 0 Å². The van der Waals surface area contributed by atoms with Gasteiger partial charge in [0.15, 0.2) is 0 Å². The summed E-state index contributed by atoms with van der Waals surface area (Å²) in [4.78, 5) is 0. The molecule has 0 aliphatic carbocycles. The van der Waals surface area contributed by atoms with Crippen molar-refractivity contribution >= 4 is 23.2 Å². The second kappa shape index (κ2) is 8.42. The minimum Gasteiger partial charge on any atom is -0.494 e. The maximum Gasteiger partial charge on any atom is 0.119 e. The third-order valence-electron chi connectivity index (χ3n) is 3.57. The predicted octanol–water partition coefficient (Wildman–Crippen LogP) is 5.07. The summed E-state index contributed by atoms with van der Waals surface area (Å²) in [6, 6.07) is 13.7. The molecule has 0 spiro atoms. The van der Waals surface area contributed by atoms with E-state index in [0.29, 0.717) is 16.6 Å². The van der Waals surface area contributed by atoms with Crippen LogP contribution >= 0.6 is 23.2 Å². The molecular formula is C18H21Cl2NO. The second-order valence-electron chi connectivity index (χ2n) is 5.26. The minimum atomic E-state index is 0.101. The molecule has 4 heteroatoms. The topological polar surface area (TPSA) is 35.2 Å². The molecule has 2 rings (SSSR count). The first-order valence-corrected chi connectivity index (χ1v) is 8.27. The molecule has 1 atom stereocenters. The van der Waals surface area contributed by atoms with Crippen LogP contribution in [0.3, 0.4) is 0 Å². The van der Waals surface area contributed by atoms with E-state index in [2.05, 4.69) is 19.1 Å². The molecule has 0 saturated carbocycles. The summed E-state index contributed by atoms with van der Waals surface area (Å²) >= 11 is 12.6. The largest absolute Gasteiger partial charge is 0.494 e. The Morgan fingerprint density at radius 2 is 1.68 bits per heavy atom. The maximum absolute atomic E-state index is 6.29. The highest BCUT2D eigenvalue weighted by Crippen LogP contribution is 2.33. The predicted molar refractivity (Wildman–Crippen MR) is 94.2 cm³/mol. The van der Waals surface area contributed by atoms with Crippen molar-refractivity contribution < 1.29 is 4.74 Å². The lowest BCUT2D eigenvalue weighted by molar-refractivity contribution is 0.317. The third kappa shape index (κ3) is 4.39. The zero-order chi connectivity index (χ0) is 15.9. The first-order valence-electron chi connectivity index (χ1n) is 7.51. The molecule has 0 aliphatic heterocycles. The number of rotatable bonds is 7. The molecule has 0 saturated heterocycles. The summed E-state index contributed by atoms with van der Waals surface area (Å²) in [5.74, 6) is 0.995. The summed E-state index contributed by atoms with van der Waals surface area (Å²) in [5, 5.41) is 1.34. The van der Waals surface area contributed by atoms with Crippen LogP contribution in [-0.4, -0.2) is 13.2 Å². The summed E-state index contributed by atoms with van der Waals surface area (Å²) in [6.07, 6.45) is 1.80. The van der Waals surface area contributed by atoms with Crippen LogP contribution < -0.4 is 10.5 Å². The molecule has 22 heavy (non-hydrogen) atoms.